The van der Waals surface area contributed by atoms with E-state index in [0.29, 0.717) is 6.54 Å². The predicted octanol–water partition coefficient (Wildman–Crippen LogP) is 0.482. The van der Waals surface area contributed by atoms with Gasteiger partial charge >= 0.3 is 0 Å². The van der Waals surface area contributed by atoms with E-state index >= 15 is 0 Å². The van der Waals surface area contributed by atoms with Crippen LogP contribution in [0.2, 0.25) is 0 Å². The average Bonchev–Trinajstić information content (AvgIpc) is 1.30. The fraction of sp³-hybridized carbons (Fsp3) is 1.00. The van der Waals surface area contributed by atoms with E-state index in [0.717, 1.165) is 5.75 Å². The van der Waals surface area contributed by atoms with E-state index in [2.05, 4.69) is 0 Å². The van der Waals surface area contributed by atoms with E-state index in [1.165, 1.54) is 0 Å². The highest BCUT2D eigenvalue weighted by Gasteiger charge is 2.01. The third kappa shape index (κ3) is 6.27. The Bertz CT molecular complexity index is 50.1. The molecule has 2 nitrogen and oxygen atoms in total. The van der Waals surface area contributed by atoms with Crippen molar-refractivity contribution in [1.82, 2.24) is 0 Å². The summed E-state index contributed by atoms with van der Waals surface area (Å²) in [5.41, 5.74) is 5.18. The van der Waals surface area contributed by atoms with Crippen LogP contribution < -0.4 is 5.73 Å². The van der Waals surface area contributed by atoms with E-state index in [-0.39, 0.29) is 0 Å². The molecule has 0 aliphatic heterocycles. The highest BCUT2D eigenvalue weighted by molar-refractivity contribution is 8.28. The van der Waals surface area contributed by atoms with Gasteiger partial charge in [-0.3, -0.25) is 0 Å². The summed E-state index contributed by atoms with van der Waals surface area (Å²) in [5.74, 6) is 0.757. The van der Waals surface area contributed by atoms with E-state index in [1.54, 1.807) is 0 Å². The first-order valence-electron chi connectivity index (χ1n) is 2.20. The highest BCUT2D eigenvalue weighted by atomic mass is 32.3. The van der Waals surface area contributed by atoms with Crippen molar-refractivity contribution in [3.8, 4) is 0 Å². The minimum atomic E-state index is -1.30. The molecule has 0 bridgehead atoms. The van der Waals surface area contributed by atoms with Gasteiger partial charge < -0.3 is 10.3 Å². The Morgan fingerprint density at radius 1 is 1.57 bits per heavy atom. The van der Waals surface area contributed by atoms with Crippen LogP contribution in [0.5, 0.6) is 0 Å². The maximum Gasteiger partial charge on any atom is 0.0106 e. The van der Waals surface area contributed by atoms with Gasteiger partial charge in [-0.15, -0.1) is 10.3 Å². The maximum absolute atomic E-state index is 9.02. The quantitative estimate of drug-likeness (QED) is 0.561. The summed E-state index contributed by atoms with van der Waals surface area (Å²) in [4.78, 5) is 0. The molecule has 0 aliphatic rings. The van der Waals surface area contributed by atoms with Crippen LogP contribution in [-0.2, 0) is 0 Å². The summed E-state index contributed by atoms with van der Waals surface area (Å²) in [6.45, 7) is 0.596. The number of hydrogen-bond donors (Lipinski definition) is 2. The summed E-state index contributed by atoms with van der Waals surface area (Å²) in [5, 5.41) is 0. The molecule has 3 heteroatoms. The molecule has 0 fully saturated rings. The zero-order chi connectivity index (χ0) is 5.91. The molecule has 3 N–H and O–H groups in total. The normalized spacial score (nSPS) is 14.3. The first-order chi connectivity index (χ1) is 3.06. The van der Waals surface area contributed by atoms with Gasteiger partial charge in [0.1, 0.15) is 0 Å². The second-order valence-electron chi connectivity index (χ2n) is 1.97. The standard InChI is InChI=1S/C4H13NOS/c1-7(2,6)4-3-5/h6H,3-5H2,1-2H3. The topological polar surface area (TPSA) is 46.2 Å². The second-order valence-corrected chi connectivity index (χ2v) is 5.34. The van der Waals surface area contributed by atoms with Crippen LogP contribution in [-0.4, -0.2) is 29.4 Å². The summed E-state index contributed by atoms with van der Waals surface area (Å²) >= 11 is 0. The Labute approximate surface area is 46.2 Å². The van der Waals surface area contributed by atoms with Crippen LogP contribution in [0.4, 0.5) is 0 Å². The molecule has 0 aromatic rings. The Balaban J connectivity index is 3.15. The molecule has 0 aromatic heterocycles. The van der Waals surface area contributed by atoms with Gasteiger partial charge in [-0.25, -0.2) is 0 Å². The third-order valence-corrected chi connectivity index (χ3v) is 1.85. The Morgan fingerprint density at radius 2 is 2.00 bits per heavy atom. The van der Waals surface area contributed by atoms with Crippen molar-refractivity contribution < 1.29 is 4.55 Å². The first-order valence-corrected chi connectivity index (χ1v) is 4.77. The van der Waals surface area contributed by atoms with Crippen molar-refractivity contribution in [2.75, 3.05) is 24.8 Å². The lowest BCUT2D eigenvalue weighted by Gasteiger charge is -2.21. The minimum Gasteiger partial charge on any atom is -0.352 e. The van der Waals surface area contributed by atoms with Crippen LogP contribution in [0.25, 0.3) is 0 Å². The van der Waals surface area contributed by atoms with Gasteiger partial charge in [0.05, 0.1) is 0 Å². The Morgan fingerprint density at radius 3 is 2.00 bits per heavy atom. The lowest BCUT2D eigenvalue weighted by atomic mass is 10.8. The van der Waals surface area contributed by atoms with Gasteiger partial charge in [0, 0.05) is 12.3 Å². The molecule has 7 heavy (non-hydrogen) atoms. The predicted molar refractivity (Wildman–Crippen MR) is 36.0 cm³/mol. The van der Waals surface area contributed by atoms with Crippen LogP contribution in [0.3, 0.4) is 0 Å². The maximum atomic E-state index is 9.02. The van der Waals surface area contributed by atoms with Gasteiger partial charge in [0.15, 0.2) is 0 Å². The van der Waals surface area contributed by atoms with Crippen molar-refractivity contribution in [3.05, 3.63) is 0 Å². The van der Waals surface area contributed by atoms with Gasteiger partial charge in [-0.05, 0) is 12.5 Å². The monoisotopic (exact) mass is 123 g/mol. The molecule has 0 atom stereocenters. The van der Waals surface area contributed by atoms with Crippen molar-refractivity contribution in [1.29, 1.82) is 0 Å². The lowest BCUT2D eigenvalue weighted by molar-refractivity contribution is 0.636. The van der Waals surface area contributed by atoms with Gasteiger partial charge in [-0.1, -0.05) is 0 Å². The molecule has 0 heterocycles. The van der Waals surface area contributed by atoms with Crippen molar-refractivity contribution in [3.63, 3.8) is 0 Å². The molecule has 0 radical (unpaired) electrons. The van der Waals surface area contributed by atoms with Crippen molar-refractivity contribution >= 4 is 10.3 Å². The fourth-order valence-electron chi connectivity index (χ4n) is 0.288. The van der Waals surface area contributed by atoms with Gasteiger partial charge in [0.2, 0.25) is 0 Å². The van der Waals surface area contributed by atoms with E-state index in [4.69, 9.17) is 10.3 Å². The summed E-state index contributed by atoms with van der Waals surface area (Å²) < 4.78 is 9.02. The van der Waals surface area contributed by atoms with Crippen LogP contribution in [0.15, 0.2) is 0 Å². The number of rotatable bonds is 2. The first kappa shape index (κ1) is 7.27. The van der Waals surface area contributed by atoms with Crippen molar-refractivity contribution in [2.24, 2.45) is 5.73 Å². The molecular weight excluding hydrogens is 110 g/mol. The van der Waals surface area contributed by atoms with E-state index in [9.17, 15) is 0 Å². The molecule has 0 spiro atoms. The number of nitrogens with two attached hydrogens (primary N) is 1. The molecule has 0 unspecified atom stereocenters. The summed E-state index contributed by atoms with van der Waals surface area (Å²) in [6, 6.07) is 0. The second kappa shape index (κ2) is 2.55. The SMILES string of the molecule is CS(C)(O)CCN. The average molecular weight is 123 g/mol. The van der Waals surface area contributed by atoms with Gasteiger partial charge in [-0.2, -0.15) is 0 Å². The zero-order valence-electron chi connectivity index (χ0n) is 4.85. The zero-order valence-corrected chi connectivity index (χ0v) is 5.66. The molecular formula is C4H13NOS. The van der Waals surface area contributed by atoms with Crippen LogP contribution >= 0.6 is 10.3 Å². The molecule has 0 aromatic carbocycles. The minimum absolute atomic E-state index is 0.596. The van der Waals surface area contributed by atoms with E-state index < -0.39 is 10.3 Å². The molecule has 0 amide bonds. The third-order valence-electron chi connectivity index (χ3n) is 0.617. The highest BCUT2D eigenvalue weighted by Crippen LogP contribution is 2.31. The molecule has 0 rings (SSSR count). The fourth-order valence-corrected chi connectivity index (χ4v) is 0.865. The van der Waals surface area contributed by atoms with E-state index in [1.807, 2.05) is 12.5 Å². The summed E-state index contributed by atoms with van der Waals surface area (Å²) in [7, 11) is -1.30. The smallest absolute Gasteiger partial charge is 0.0106 e. The van der Waals surface area contributed by atoms with Crippen LogP contribution in [0, 0.1) is 0 Å². The summed E-state index contributed by atoms with van der Waals surface area (Å²) in [6.07, 6.45) is 3.67. The number of hydrogen-bond acceptors (Lipinski definition) is 2. The largest absolute Gasteiger partial charge is 0.352 e. The Kier molecular flexibility index (Phi) is 2.64. The van der Waals surface area contributed by atoms with Crippen molar-refractivity contribution in [2.45, 2.75) is 0 Å². The molecule has 0 aliphatic carbocycles. The van der Waals surface area contributed by atoms with Gasteiger partial charge in [0.25, 0.3) is 0 Å². The Hall–Kier alpha value is 0.270. The lowest BCUT2D eigenvalue weighted by Crippen LogP contribution is -2.10. The van der Waals surface area contributed by atoms with Crippen LogP contribution in [0.1, 0.15) is 0 Å². The molecule has 46 valence electrons. The molecule has 0 saturated heterocycles. The molecule has 0 saturated carbocycles.